The van der Waals surface area contributed by atoms with Gasteiger partial charge in [-0.1, -0.05) is 49.4 Å². The van der Waals surface area contributed by atoms with Crippen molar-refractivity contribution in [3.05, 3.63) is 89.5 Å². The number of thioether (sulfide) groups is 2. The Hall–Kier alpha value is -4.49. The monoisotopic (exact) mass is 868 g/mol. The second-order valence-corrected chi connectivity index (χ2v) is 16.8. The maximum Gasteiger partial charge on any atom is 0.364 e. The van der Waals surface area contributed by atoms with E-state index in [9.17, 15) is 44.4 Å². The summed E-state index contributed by atoms with van der Waals surface area (Å²) in [6.07, 6.45) is -5.17. The van der Waals surface area contributed by atoms with E-state index in [1.165, 1.54) is 24.8 Å². The van der Waals surface area contributed by atoms with Crippen molar-refractivity contribution in [1.29, 1.82) is 0 Å². The maximum atomic E-state index is 12.9. The molecule has 1 saturated heterocycles. The molecule has 1 fully saturated rings. The zero-order valence-electron chi connectivity index (χ0n) is 33.8. The summed E-state index contributed by atoms with van der Waals surface area (Å²) in [6.45, 7) is 3.22. The number of rotatable bonds is 24. The van der Waals surface area contributed by atoms with Gasteiger partial charge in [0.1, 0.15) is 12.2 Å². The van der Waals surface area contributed by atoms with Crippen LogP contribution in [0.3, 0.4) is 0 Å². The smallest absolute Gasteiger partial charge is 0.364 e. The summed E-state index contributed by atoms with van der Waals surface area (Å²) >= 11 is 3.28. The highest BCUT2D eigenvalue weighted by atomic mass is 32.2. The Labute approximate surface area is 358 Å². The Bertz CT molecular complexity index is 1890. The van der Waals surface area contributed by atoms with Gasteiger partial charge in [0.05, 0.1) is 24.9 Å². The van der Waals surface area contributed by atoms with Crippen molar-refractivity contribution in [1.82, 2.24) is 16.0 Å². The first-order valence-electron chi connectivity index (χ1n) is 19.9. The van der Waals surface area contributed by atoms with Crippen LogP contribution in [0.1, 0.15) is 77.0 Å². The number of amides is 3. The van der Waals surface area contributed by atoms with Crippen molar-refractivity contribution in [3.8, 4) is 11.1 Å². The van der Waals surface area contributed by atoms with Gasteiger partial charge in [0, 0.05) is 61.0 Å². The Kier molecular flexibility index (Phi) is 19.3. The number of aliphatic carboxylic acids is 1. The molecule has 0 bridgehead atoms. The number of ether oxygens (including phenoxy) is 2. The number of carbonyl (C=O) groups excluding carboxylic acids is 4. The van der Waals surface area contributed by atoms with E-state index in [0.717, 1.165) is 29.1 Å². The van der Waals surface area contributed by atoms with Crippen LogP contribution in [0.25, 0.3) is 11.1 Å². The van der Waals surface area contributed by atoms with Gasteiger partial charge in [-0.3, -0.25) is 19.2 Å². The summed E-state index contributed by atoms with van der Waals surface area (Å²) in [5.41, 5.74) is 9.26. The largest absolute Gasteiger partial charge is 0.477 e. The minimum atomic E-state index is -2.43. The normalized spacial score (nSPS) is 19.8. The minimum Gasteiger partial charge on any atom is -0.477 e. The van der Waals surface area contributed by atoms with Crippen molar-refractivity contribution in [2.24, 2.45) is 0 Å². The maximum absolute atomic E-state index is 12.9. The van der Waals surface area contributed by atoms with E-state index in [2.05, 4.69) is 22.9 Å². The summed E-state index contributed by atoms with van der Waals surface area (Å²) in [5.74, 6) is -2.55. The molecular formula is C43H56N4O11S2. The molecule has 0 spiro atoms. The van der Waals surface area contributed by atoms with Gasteiger partial charge in [0.2, 0.25) is 5.91 Å². The lowest BCUT2D eigenvalue weighted by Gasteiger charge is -2.46. The Balaban J connectivity index is 1.24. The standard InChI is InChI=1S/C43H56N4O11S2/c1-3-20-59-23-18-45-41(54)31-16-17-32(33(44)24-31)34(49)11-7-21-60-22-8-19-57-43(42(55)56)25-35(50)37(47-27(2)48)39(58-43)38(52)36(51)26-46-40(53)30-14-12-29(13-15-30)28-9-5-4-6-10-28/h4-6,9-10,12-17,24,35-39,50-52H,3,7-8,11,18-23,25-26,44H2,1-2H3,(H,45,54)(H,46,53)(H,47,48)(H,55,56)/t35-,36+,37+,38+,39+,43+/m0/s1. The van der Waals surface area contributed by atoms with Crippen LogP contribution in [-0.2, 0) is 19.1 Å². The molecule has 0 aromatic heterocycles. The molecule has 326 valence electrons. The summed E-state index contributed by atoms with van der Waals surface area (Å²) in [6, 6.07) is 19.7. The molecule has 0 unspecified atom stereocenters. The lowest BCUT2D eigenvalue weighted by atomic mass is 9.88. The van der Waals surface area contributed by atoms with Crippen molar-refractivity contribution < 1.29 is 53.9 Å². The zero-order valence-corrected chi connectivity index (χ0v) is 35.5. The number of benzene rings is 3. The van der Waals surface area contributed by atoms with Crippen LogP contribution < -0.4 is 21.7 Å². The number of carboxylic acids is 1. The van der Waals surface area contributed by atoms with E-state index in [4.69, 9.17) is 15.2 Å². The molecule has 3 aromatic carbocycles. The van der Waals surface area contributed by atoms with Gasteiger partial charge in [-0.05, 0) is 78.0 Å². The summed E-state index contributed by atoms with van der Waals surface area (Å²) in [5, 5.41) is 51.3. The lowest BCUT2D eigenvalue weighted by molar-refractivity contribution is -0.310. The van der Waals surface area contributed by atoms with Crippen LogP contribution in [0, 0.1) is 0 Å². The van der Waals surface area contributed by atoms with Gasteiger partial charge in [0.15, 0.2) is 5.78 Å². The lowest BCUT2D eigenvalue weighted by Crippen LogP contribution is -2.68. The number of hydrogen-bond acceptors (Lipinski definition) is 13. The first-order valence-corrected chi connectivity index (χ1v) is 22.2. The number of carbonyl (C=O) groups is 5. The first kappa shape index (κ1) is 48.2. The molecular weight excluding hydrogens is 813 g/mol. The van der Waals surface area contributed by atoms with Gasteiger partial charge in [-0.15, -0.1) is 0 Å². The van der Waals surface area contributed by atoms with Gasteiger partial charge in [-0.25, -0.2) is 4.79 Å². The molecule has 0 saturated carbocycles. The number of Topliss-reactive ketones (excluding diaryl/α,β-unsaturated/α-hetero) is 1. The number of anilines is 1. The van der Waals surface area contributed by atoms with Crippen molar-refractivity contribution in [3.63, 3.8) is 0 Å². The molecule has 1 aliphatic rings. The summed E-state index contributed by atoms with van der Waals surface area (Å²) in [4.78, 5) is 62.8. The number of aliphatic hydroxyl groups is 3. The molecule has 17 heteroatoms. The predicted molar refractivity (Wildman–Crippen MR) is 232 cm³/mol. The highest BCUT2D eigenvalue weighted by Crippen LogP contribution is 2.34. The predicted octanol–water partition coefficient (Wildman–Crippen LogP) is 3.50. The van der Waals surface area contributed by atoms with Crippen LogP contribution in [0.15, 0.2) is 72.8 Å². The quantitative estimate of drug-likeness (QED) is 0.0365. The third-order valence-corrected chi connectivity index (χ3v) is 12.0. The fourth-order valence-electron chi connectivity index (χ4n) is 6.55. The Morgan fingerprint density at radius 1 is 0.883 bits per heavy atom. The average molecular weight is 869 g/mol. The van der Waals surface area contributed by atoms with Crippen molar-refractivity contribution in [2.75, 3.05) is 48.4 Å². The topological polar surface area (TPSA) is 247 Å². The van der Waals surface area contributed by atoms with Crippen LogP contribution in [0.5, 0.6) is 0 Å². The number of aliphatic hydroxyl groups excluding tert-OH is 3. The van der Waals surface area contributed by atoms with E-state index in [-0.39, 0.29) is 30.4 Å². The Morgan fingerprint density at radius 3 is 2.20 bits per heavy atom. The number of nitrogens with two attached hydrogens (primary N) is 1. The van der Waals surface area contributed by atoms with Gasteiger partial charge >= 0.3 is 5.97 Å². The summed E-state index contributed by atoms with van der Waals surface area (Å²) in [7, 11) is 0. The molecule has 3 aromatic rings. The second kappa shape index (κ2) is 24.1. The van der Waals surface area contributed by atoms with Gasteiger partial charge in [-0.2, -0.15) is 23.5 Å². The number of ketones is 1. The molecule has 6 atom stereocenters. The van der Waals surface area contributed by atoms with Gasteiger partial charge in [0.25, 0.3) is 17.6 Å². The third-order valence-electron chi connectivity index (χ3n) is 9.68. The summed E-state index contributed by atoms with van der Waals surface area (Å²) < 4.78 is 11.6. The third kappa shape index (κ3) is 14.0. The molecule has 0 radical (unpaired) electrons. The van der Waals surface area contributed by atoms with Crippen LogP contribution in [0.2, 0.25) is 0 Å². The fourth-order valence-corrected chi connectivity index (χ4v) is 8.16. The first-order chi connectivity index (χ1) is 28.8. The van der Waals surface area contributed by atoms with E-state index in [1.807, 2.05) is 30.3 Å². The molecule has 1 aliphatic heterocycles. The van der Waals surface area contributed by atoms with Gasteiger partial charge < -0.3 is 51.6 Å². The Morgan fingerprint density at radius 2 is 1.53 bits per heavy atom. The van der Waals surface area contributed by atoms with E-state index >= 15 is 0 Å². The number of hydrogen-bond donors (Lipinski definition) is 8. The van der Waals surface area contributed by atoms with E-state index in [0.29, 0.717) is 47.6 Å². The van der Waals surface area contributed by atoms with Crippen molar-refractivity contribution in [2.45, 2.75) is 82.2 Å². The van der Waals surface area contributed by atoms with Crippen LogP contribution in [-0.4, -0.2) is 129 Å². The number of nitrogens with one attached hydrogen (secondary N) is 3. The molecule has 60 heavy (non-hydrogen) atoms. The average Bonchev–Trinajstić information content (AvgIpc) is 3.24. The molecule has 0 aliphatic carbocycles. The van der Waals surface area contributed by atoms with Crippen LogP contribution in [0.4, 0.5) is 5.69 Å². The van der Waals surface area contributed by atoms with E-state index in [1.54, 1.807) is 48.2 Å². The minimum absolute atomic E-state index is 0.117. The highest BCUT2D eigenvalue weighted by molar-refractivity contribution is 7.99. The molecule has 9 N–H and O–H groups in total. The van der Waals surface area contributed by atoms with Crippen LogP contribution >= 0.6 is 23.5 Å². The van der Waals surface area contributed by atoms with E-state index < -0.39 is 67.0 Å². The van der Waals surface area contributed by atoms with Crippen molar-refractivity contribution >= 4 is 58.7 Å². The SMILES string of the molecule is CCCSCCNC(=O)c1ccc(C(=O)CCCSCCCO[C@]2(C(=O)O)C[C@H](O)[C@@H](NC(C)=O)[C@H]([C@H](O)[C@H](O)CNC(=O)c3ccc(-c4ccccc4)cc3)O2)c(N)c1. The molecule has 15 nitrogen and oxygen atoms in total. The molecule has 4 rings (SSSR count). The molecule has 1 heterocycles. The highest BCUT2D eigenvalue weighted by Gasteiger charge is 2.55. The zero-order chi connectivity index (χ0) is 43.7. The molecule has 3 amide bonds. The number of nitrogen functional groups attached to an aromatic ring is 1. The fraction of sp³-hybridized carbons (Fsp3) is 0.465. The second-order valence-electron chi connectivity index (χ2n) is 14.4. The number of carboxylic acid groups (broad SMARTS) is 1.